The highest BCUT2D eigenvalue weighted by molar-refractivity contribution is 7.90. The van der Waals surface area contributed by atoms with Gasteiger partial charge >= 0.3 is 0 Å². The molecule has 0 aromatic heterocycles. The van der Waals surface area contributed by atoms with Gasteiger partial charge in [0.2, 0.25) is 0 Å². The Morgan fingerprint density at radius 2 is 2.12 bits per heavy atom. The molecular weight excluding hydrogens is 245 g/mol. The largest absolute Gasteiger partial charge is 0.326 e. The first-order chi connectivity index (χ1) is 8.00. The van der Waals surface area contributed by atoms with E-state index in [1.54, 1.807) is 0 Å². The zero-order chi connectivity index (χ0) is 12.9. The van der Waals surface area contributed by atoms with Crippen molar-refractivity contribution >= 4 is 15.9 Å². The summed E-state index contributed by atoms with van der Waals surface area (Å²) in [4.78, 5) is 0. The van der Waals surface area contributed by atoms with Crippen molar-refractivity contribution in [3.63, 3.8) is 0 Å². The Bertz CT molecular complexity index is 476. The van der Waals surface area contributed by atoms with Crippen molar-refractivity contribution in [3.05, 3.63) is 29.6 Å². The standard InChI is InChI=1S/C10H16FN3O2S/c1-2-6-13-17(15,16)14-10-5-3-4-9(11)8(10)7-12/h3-5,13-14H,2,6-7,12H2,1H3. The Morgan fingerprint density at radius 1 is 1.41 bits per heavy atom. The van der Waals surface area contributed by atoms with Crippen LogP contribution in [0.25, 0.3) is 0 Å². The maximum Gasteiger partial charge on any atom is 0.299 e. The summed E-state index contributed by atoms with van der Waals surface area (Å²) in [5.41, 5.74) is 5.69. The lowest BCUT2D eigenvalue weighted by Crippen LogP contribution is -2.31. The van der Waals surface area contributed by atoms with Gasteiger partial charge in [-0.15, -0.1) is 0 Å². The van der Waals surface area contributed by atoms with Crippen LogP contribution in [0.1, 0.15) is 18.9 Å². The quantitative estimate of drug-likeness (QED) is 0.712. The monoisotopic (exact) mass is 261 g/mol. The van der Waals surface area contributed by atoms with E-state index in [4.69, 9.17) is 5.73 Å². The first-order valence-electron chi connectivity index (χ1n) is 5.25. The minimum absolute atomic E-state index is 0.0711. The highest BCUT2D eigenvalue weighted by Crippen LogP contribution is 2.19. The average molecular weight is 261 g/mol. The molecule has 0 amide bonds. The van der Waals surface area contributed by atoms with Gasteiger partial charge in [0.15, 0.2) is 0 Å². The van der Waals surface area contributed by atoms with Crippen LogP contribution < -0.4 is 15.2 Å². The number of rotatable bonds is 6. The molecule has 0 saturated carbocycles. The summed E-state index contributed by atoms with van der Waals surface area (Å²) in [5.74, 6) is -0.525. The lowest BCUT2D eigenvalue weighted by Gasteiger charge is -2.12. The Balaban J connectivity index is 2.91. The summed E-state index contributed by atoms with van der Waals surface area (Å²) >= 11 is 0. The summed E-state index contributed by atoms with van der Waals surface area (Å²) in [7, 11) is -3.67. The number of hydrogen-bond donors (Lipinski definition) is 3. The van der Waals surface area contributed by atoms with Gasteiger partial charge in [-0.1, -0.05) is 13.0 Å². The van der Waals surface area contributed by atoms with Crippen LogP contribution in [-0.2, 0) is 16.8 Å². The van der Waals surface area contributed by atoms with Crippen LogP contribution in [0.5, 0.6) is 0 Å². The van der Waals surface area contributed by atoms with E-state index < -0.39 is 16.0 Å². The van der Waals surface area contributed by atoms with Crippen LogP contribution >= 0.6 is 0 Å². The van der Waals surface area contributed by atoms with Crippen LogP contribution in [0.3, 0.4) is 0 Å². The summed E-state index contributed by atoms with van der Waals surface area (Å²) in [5, 5.41) is 0. The third-order valence-electron chi connectivity index (χ3n) is 2.11. The van der Waals surface area contributed by atoms with E-state index in [-0.39, 0.29) is 17.8 Å². The van der Waals surface area contributed by atoms with Gasteiger partial charge in [-0.3, -0.25) is 4.72 Å². The first-order valence-corrected chi connectivity index (χ1v) is 6.73. The molecule has 0 bridgehead atoms. The predicted molar refractivity (Wildman–Crippen MR) is 65.1 cm³/mol. The van der Waals surface area contributed by atoms with Crippen molar-refractivity contribution in [1.29, 1.82) is 0 Å². The second-order valence-electron chi connectivity index (χ2n) is 3.47. The maximum atomic E-state index is 13.3. The van der Waals surface area contributed by atoms with Gasteiger partial charge < -0.3 is 5.73 Å². The molecule has 1 aromatic carbocycles. The Kier molecular flexibility index (Phi) is 4.86. The molecule has 96 valence electrons. The number of halogens is 1. The van der Waals surface area contributed by atoms with E-state index in [2.05, 4.69) is 9.44 Å². The smallest absolute Gasteiger partial charge is 0.299 e. The zero-order valence-corrected chi connectivity index (χ0v) is 10.3. The minimum Gasteiger partial charge on any atom is -0.326 e. The average Bonchev–Trinajstić information content (AvgIpc) is 2.26. The highest BCUT2D eigenvalue weighted by Gasteiger charge is 2.13. The van der Waals surface area contributed by atoms with Gasteiger partial charge in [0.25, 0.3) is 10.2 Å². The zero-order valence-electron chi connectivity index (χ0n) is 9.53. The number of benzene rings is 1. The molecule has 0 radical (unpaired) electrons. The van der Waals surface area contributed by atoms with Crippen molar-refractivity contribution < 1.29 is 12.8 Å². The fraction of sp³-hybridized carbons (Fsp3) is 0.400. The maximum absolute atomic E-state index is 13.3. The first kappa shape index (κ1) is 13.9. The normalized spacial score (nSPS) is 11.5. The van der Waals surface area contributed by atoms with Crippen molar-refractivity contribution in [2.75, 3.05) is 11.3 Å². The molecule has 0 aliphatic carbocycles. The lowest BCUT2D eigenvalue weighted by atomic mass is 10.2. The molecule has 4 N–H and O–H groups in total. The third-order valence-corrected chi connectivity index (χ3v) is 3.18. The third kappa shape index (κ3) is 3.95. The molecule has 0 saturated heterocycles. The van der Waals surface area contributed by atoms with Crippen molar-refractivity contribution in [2.45, 2.75) is 19.9 Å². The molecule has 0 aliphatic heterocycles. The lowest BCUT2D eigenvalue weighted by molar-refractivity contribution is 0.586. The van der Waals surface area contributed by atoms with Crippen molar-refractivity contribution in [2.24, 2.45) is 5.73 Å². The predicted octanol–water partition coefficient (Wildman–Crippen LogP) is 0.941. The van der Waals surface area contributed by atoms with Gasteiger partial charge in [0.1, 0.15) is 5.82 Å². The van der Waals surface area contributed by atoms with Gasteiger partial charge in [0.05, 0.1) is 5.69 Å². The number of hydrogen-bond acceptors (Lipinski definition) is 3. The Hall–Kier alpha value is -1.18. The van der Waals surface area contributed by atoms with Gasteiger partial charge in [-0.2, -0.15) is 13.1 Å². The van der Waals surface area contributed by atoms with Crippen LogP contribution in [0.4, 0.5) is 10.1 Å². The molecule has 1 rings (SSSR count). The Labute approximate surface area is 100 Å². The van der Waals surface area contributed by atoms with Gasteiger partial charge in [-0.25, -0.2) is 4.39 Å². The summed E-state index contributed by atoms with van der Waals surface area (Å²) in [6.07, 6.45) is 0.674. The van der Waals surface area contributed by atoms with E-state index in [0.717, 1.165) is 0 Å². The van der Waals surface area contributed by atoms with E-state index in [1.807, 2.05) is 6.92 Å². The SMILES string of the molecule is CCCNS(=O)(=O)Nc1cccc(F)c1CN. The fourth-order valence-electron chi connectivity index (χ4n) is 1.28. The molecule has 0 fully saturated rings. The van der Waals surface area contributed by atoms with E-state index in [9.17, 15) is 12.8 Å². The summed E-state index contributed by atoms with van der Waals surface area (Å²) < 4.78 is 41.0. The molecular formula is C10H16FN3O2S. The molecule has 7 heteroatoms. The minimum atomic E-state index is -3.67. The van der Waals surface area contributed by atoms with Crippen LogP contribution in [-0.4, -0.2) is 15.0 Å². The van der Waals surface area contributed by atoms with E-state index in [0.29, 0.717) is 13.0 Å². The molecule has 0 spiro atoms. The summed E-state index contributed by atoms with van der Waals surface area (Å²) in [6.45, 7) is 2.09. The van der Waals surface area contributed by atoms with Crippen molar-refractivity contribution in [3.8, 4) is 0 Å². The molecule has 17 heavy (non-hydrogen) atoms. The molecule has 5 nitrogen and oxygen atoms in total. The second kappa shape index (κ2) is 5.95. The summed E-state index contributed by atoms with van der Waals surface area (Å²) in [6, 6.07) is 4.13. The molecule has 0 unspecified atom stereocenters. The van der Waals surface area contributed by atoms with E-state index >= 15 is 0 Å². The van der Waals surface area contributed by atoms with Crippen LogP contribution in [0, 0.1) is 5.82 Å². The second-order valence-corrected chi connectivity index (χ2v) is 4.97. The van der Waals surface area contributed by atoms with Gasteiger partial charge in [-0.05, 0) is 18.6 Å². The number of nitrogens with one attached hydrogen (secondary N) is 2. The molecule has 0 aliphatic rings. The van der Waals surface area contributed by atoms with Crippen molar-refractivity contribution in [1.82, 2.24) is 4.72 Å². The fourth-order valence-corrected chi connectivity index (χ4v) is 2.30. The Morgan fingerprint density at radius 3 is 2.71 bits per heavy atom. The van der Waals surface area contributed by atoms with E-state index in [1.165, 1.54) is 18.2 Å². The highest BCUT2D eigenvalue weighted by atomic mass is 32.2. The number of anilines is 1. The molecule has 0 atom stereocenters. The van der Waals surface area contributed by atoms with Crippen LogP contribution in [0.15, 0.2) is 18.2 Å². The topological polar surface area (TPSA) is 84.2 Å². The number of nitrogens with two attached hydrogens (primary N) is 1. The van der Waals surface area contributed by atoms with Gasteiger partial charge in [0, 0.05) is 18.7 Å². The van der Waals surface area contributed by atoms with Crippen LogP contribution in [0.2, 0.25) is 0 Å². The molecule has 1 aromatic rings. The molecule has 0 heterocycles.